The fourth-order valence-electron chi connectivity index (χ4n) is 2.91. The van der Waals surface area contributed by atoms with Crippen LogP contribution in [0.3, 0.4) is 0 Å². The van der Waals surface area contributed by atoms with Crippen LogP contribution in [0.15, 0.2) is 41.0 Å². The highest BCUT2D eigenvalue weighted by Gasteiger charge is 2.33. The molecular formula is C24H27BrF3N3O2S. The lowest BCUT2D eigenvalue weighted by Gasteiger charge is -2.11. The Morgan fingerprint density at radius 3 is 2.41 bits per heavy atom. The predicted octanol–water partition coefficient (Wildman–Crippen LogP) is 8.13. The third-order valence-corrected chi connectivity index (χ3v) is 6.20. The zero-order valence-corrected chi connectivity index (χ0v) is 22.0. The quantitative estimate of drug-likeness (QED) is 0.297. The number of alkyl halides is 3. The molecule has 0 fully saturated rings. The number of pyridine rings is 1. The number of hydrogen-bond acceptors (Lipinski definition) is 6. The Labute approximate surface area is 209 Å². The van der Waals surface area contributed by atoms with Gasteiger partial charge < -0.3 is 10.1 Å². The summed E-state index contributed by atoms with van der Waals surface area (Å²) in [6.45, 7) is 8.25. The lowest BCUT2D eigenvalue weighted by Crippen LogP contribution is -2.12. The van der Waals surface area contributed by atoms with Gasteiger partial charge in [0.15, 0.2) is 5.13 Å². The minimum atomic E-state index is -4.63. The lowest BCUT2D eigenvalue weighted by molar-refractivity contribution is -0.137. The molecule has 5 nitrogen and oxygen atoms in total. The minimum absolute atomic E-state index is 0.0450. The number of aryl methyl sites for hydroxylation is 1. The van der Waals surface area contributed by atoms with Crippen LogP contribution in [-0.2, 0) is 17.3 Å². The fourth-order valence-corrected chi connectivity index (χ4v) is 4.19. The molecule has 0 amide bonds. The van der Waals surface area contributed by atoms with Crippen molar-refractivity contribution < 1.29 is 22.7 Å². The SMILES string of the molecule is CC.COC(=O)c1cc(C(F)(F)F)cnc1Nc1nc(CCC(C)C)c(-c2ccc(Br)cc2)s1. The van der Waals surface area contributed by atoms with Crippen molar-refractivity contribution >= 4 is 44.2 Å². The first-order valence-electron chi connectivity index (χ1n) is 10.8. The summed E-state index contributed by atoms with van der Waals surface area (Å²) in [5.41, 5.74) is 0.508. The minimum Gasteiger partial charge on any atom is -0.465 e. The molecule has 0 aliphatic rings. The predicted molar refractivity (Wildman–Crippen MR) is 134 cm³/mol. The number of nitrogens with one attached hydrogen (secondary N) is 1. The first-order valence-corrected chi connectivity index (χ1v) is 12.4. The van der Waals surface area contributed by atoms with Crippen LogP contribution in [0.1, 0.15) is 55.7 Å². The van der Waals surface area contributed by atoms with Crippen molar-refractivity contribution in [2.24, 2.45) is 5.92 Å². The van der Waals surface area contributed by atoms with E-state index in [0.717, 1.165) is 46.6 Å². The maximum Gasteiger partial charge on any atom is 0.417 e. The molecule has 184 valence electrons. The molecule has 0 spiro atoms. The van der Waals surface area contributed by atoms with Crippen molar-refractivity contribution in [3.8, 4) is 10.4 Å². The van der Waals surface area contributed by atoms with Gasteiger partial charge in [-0.05, 0) is 42.5 Å². The molecule has 2 heterocycles. The van der Waals surface area contributed by atoms with E-state index in [-0.39, 0.29) is 11.4 Å². The summed E-state index contributed by atoms with van der Waals surface area (Å²) >= 11 is 4.78. The van der Waals surface area contributed by atoms with Crippen LogP contribution in [0.5, 0.6) is 0 Å². The van der Waals surface area contributed by atoms with Crippen molar-refractivity contribution in [2.45, 2.75) is 46.7 Å². The summed E-state index contributed by atoms with van der Waals surface area (Å²) in [4.78, 5) is 21.6. The van der Waals surface area contributed by atoms with Gasteiger partial charge in [-0.1, -0.05) is 67.1 Å². The van der Waals surface area contributed by atoms with Crippen LogP contribution in [-0.4, -0.2) is 23.0 Å². The fraction of sp³-hybridized carbons (Fsp3) is 0.375. The summed E-state index contributed by atoms with van der Waals surface area (Å²) in [5, 5.41) is 3.34. The zero-order chi connectivity index (χ0) is 25.5. The summed E-state index contributed by atoms with van der Waals surface area (Å²) in [5.74, 6) is -0.486. The average Bonchev–Trinajstić information content (AvgIpc) is 3.21. The molecule has 0 saturated heterocycles. The molecule has 0 unspecified atom stereocenters. The van der Waals surface area contributed by atoms with Gasteiger partial charge >= 0.3 is 12.1 Å². The first-order chi connectivity index (χ1) is 16.1. The van der Waals surface area contributed by atoms with E-state index >= 15 is 0 Å². The molecule has 1 N–H and O–H groups in total. The number of rotatable bonds is 7. The molecule has 0 atom stereocenters. The van der Waals surface area contributed by atoms with E-state index in [2.05, 4.69) is 49.8 Å². The molecule has 0 radical (unpaired) electrons. The van der Waals surface area contributed by atoms with Gasteiger partial charge in [0, 0.05) is 10.7 Å². The Bertz CT molecular complexity index is 1100. The number of thiazole rings is 1. The molecule has 3 rings (SSSR count). The number of benzene rings is 1. The van der Waals surface area contributed by atoms with E-state index in [1.54, 1.807) is 0 Å². The number of hydrogen-bond donors (Lipinski definition) is 1. The Morgan fingerprint density at radius 2 is 1.85 bits per heavy atom. The Hall–Kier alpha value is -2.46. The molecule has 10 heteroatoms. The zero-order valence-electron chi connectivity index (χ0n) is 19.6. The van der Waals surface area contributed by atoms with Gasteiger partial charge in [-0.3, -0.25) is 0 Å². The van der Waals surface area contributed by atoms with E-state index in [4.69, 9.17) is 0 Å². The molecule has 0 aliphatic carbocycles. The van der Waals surface area contributed by atoms with Crippen LogP contribution in [0.4, 0.5) is 24.1 Å². The average molecular weight is 558 g/mol. The summed E-state index contributed by atoms with van der Waals surface area (Å²) in [6, 6.07) is 8.53. The molecule has 0 aliphatic heterocycles. The molecule has 2 aromatic heterocycles. The van der Waals surface area contributed by atoms with Gasteiger partial charge in [0.25, 0.3) is 0 Å². The summed E-state index contributed by atoms with van der Waals surface area (Å²) in [6.07, 6.45) is -2.28. The number of methoxy groups -OCH3 is 1. The van der Waals surface area contributed by atoms with Crippen LogP contribution < -0.4 is 5.32 Å². The second kappa shape index (κ2) is 12.3. The van der Waals surface area contributed by atoms with E-state index in [9.17, 15) is 18.0 Å². The van der Waals surface area contributed by atoms with Crippen molar-refractivity contribution in [3.63, 3.8) is 0 Å². The van der Waals surface area contributed by atoms with Crippen molar-refractivity contribution in [1.29, 1.82) is 0 Å². The second-order valence-corrected chi connectivity index (χ2v) is 9.38. The Kier molecular flexibility index (Phi) is 10.1. The van der Waals surface area contributed by atoms with Crippen molar-refractivity contribution in [3.05, 3.63) is 57.8 Å². The van der Waals surface area contributed by atoms with Crippen LogP contribution in [0.2, 0.25) is 0 Å². The highest BCUT2D eigenvalue weighted by Crippen LogP contribution is 2.37. The first kappa shape index (κ1) is 27.8. The molecule has 0 bridgehead atoms. The maximum atomic E-state index is 13.1. The summed E-state index contributed by atoms with van der Waals surface area (Å²) < 4.78 is 44.9. The monoisotopic (exact) mass is 557 g/mol. The number of carbonyl (C=O) groups is 1. The molecule has 1 aromatic carbocycles. The number of carbonyl (C=O) groups excluding carboxylic acids is 1. The van der Waals surface area contributed by atoms with E-state index in [1.807, 2.05) is 38.1 Å². The molecule has 3 aromatic rings. The van der Waals surface area contributed by atoms with Gasteiger partial charge in [-0.25, -0.2) is 14.8 Å². The Morgan fingerprint density at radius 1 is 1.21 bits per heavy atom. The van der Waals surface area contributed by atoms with E-state index in [0.29, 0.717) is 17.2 Å². The number of aromatic nitrogens is 2. The third-order valence-electron chi connectivity index (χ3n) is 4.61. The smallest absolute Gasteiger partial charge is 0.417 e. The second-order valence-electron chi connectivity index (χ2n) is 7.47. The largest absolute Gasteiger partial charge is 0.465 e. The number of ether oxygens (including phenoxy) is 1. The third kappa shape index (κ3) is 7.27. The Balaban J connectivity index is 0.00000199. The summed E-state index contributed by atoms with van der Waals surface area (Å²) in [7, 11) is 1.10. The van der Waals surface area contributed by atoms with E-state index < -0.39 is 17.7 Å². The normalized spacial score (nSPS) is 11.1. The topological polar surface area (TPSA) is 64.1 Å². The van der Waals surface area contributed by atoms with Crippen molar-refractivity contribution in [1.82, 2.24) is 9.97 Å². The molecular weight excluding hydrogens is 531 g/mol. The van der Waals surface area contributed by atoms with Crippen LogP contribution in [0, 0.1) is 5.92 Å². The van der Waals surface area contributed by atoms with Gasteiger partial charge in [0.2, 0.25) is 0 Å². The molecule has 34 heavy (non-hydrogen) atoms. The van der Waals surface area contributed by atoms with Gasteiger partial charge in [0.05, 0.1) is 23.2 Å². The number of esters is 1. The van der Waals surface area contributed by atoms with Gasteiger partial charge in [0.1, 0.15) is 11.4 Å². The van der Waals surface area contributed by atoms with Gasteiger partial charge in [-0.15, -0.1) is 0 Å². The van der Waals surface area contributed by atoms with Crippen molar-refractivity contribution in [2.75, 3.05) is 12.4 Å². The molecule has 0 saturated carbocycles. The van der Waals surface area contributed by atoms with Crippen LogP contribution in [0.25, 0.3) is 10.4 Å². The number of anilines is 2. The lowest BCUT2D eigenvalue weighted by atomic mass is 10.0. The standard InChI is InChI=1S/C22H21BrF3N3O2S.C2H6/c1-12(2)4-9-17-18(13-5-7-15(23)8-6-13)32-21(28-17)29-19-16(20(30)31-3)10-14(11-27-19)22(24,25)26;1-2/h5-8,10-12H,4,9H2,1-3H3,(H,27,28,29);1-2H3. The van der Waals surface area contributed by atoms with E-state index in [1.165, 1.54) is 11.3 Å². The maximum absolute atomic E-state index is 13.1. The van der Waals surface area contributed by atoms with Crippen LogP contribution >= 0.6 is 27.3 Å². The number of halogens is 4. The van der Waals surface area contributed by atoms with Gasteiger partial charge in [-0.2, -0.15) is 13.2 Å². The number of nitrogens with zero attached hydrogens (tertiary/aromatic N) is 2. The highest BCUT2D eigenvalue weighted by molar-refractivity contribution is 9.10. The highest BCUT2D eigenvalue weighted by atomic mass is 79.9.